The average Bonchev–Trinajstić information content (AvgIpc) is 2.18. The van der Waals surface area contributed by atoms with E-state index in [4.69, 9.17) is 11.6 Å². The molecule has 0 saturated heterocycles. The Morgan fingerprint density at radius 1 is 1.33 bits per heavy atom. The van der Waals surface area contributed by atoms with Crippen LogP contribution in [0.3, 0.4) is 0 Å². The Morgan fingerprint density at radius 3 is 2.47 bits per heavy atom. The molecule has 0 N–H and O–H groups in total. The highest BCUT2D eigenvalue weighted by Crippen LogP contribution is 2.31. The van der Waals surface area contributed by atoms with Gasteiger partial charge in [0.05, 0.1) is 11.0 Å². The lowest BCUT2D eigenvalue weighted by Crippen LogP contribution is -2.16. The molecule has 15 heavy (non-hydrogen) atoms. The summed E-state index contributed by atoms with van der Waals surface area (Å²) in [5.41, 5.74) is 0. The summed E-state index contributed by atoms with van der Waals surface area (Å²) in [6, 6.07) is 7.76. The topological polar surface area (TPSA) is 21.6 Å². The van der Waals surface area contributed by atoms with Gasteiger partial charge in [0.1, 0.15) is 7.11 Å². The fourth-order valence-electron chi connectivity index (χ4n) is 1.01. The summed E-state index contributed by atoms with van der Waals surface area (Å²) in [5, 5.41) is 4.54. The second-order valence-electron chi connectivity index (χ2n) is 3.58. The number of thioether (sulfide) groups is 1. The molecule has 0 bridgehead atoms. The van der Waals surface area contributed by atoms with E-state index in [-0.39, 0.29) is 4.75 Å². The molecule has 2 nitrogen and oxygen atoms in total. The normalized spacial score (nSPS) is 12.0. The van der Waals surface area contributed by atoms with Crippen LogP contribution in [0.5, 0.6) is 0 Å². The van der Waals surface area contributed by atoms with Crippen molar-refractivity contribution in [2.75, 3.05) is 7.11 Å². The van der Waals surface area contributed by atoms with Crippen molar-refractivity contribution in [1.29, 1.82) is 0 Å². The van der Waals surface area contributed by atoms with E-state index in [0.717, 1.165) is 9.92 Å². The molecule has 0 saturated carbocycles. The summed E-state index contributed by atoms with van der Waals surface area (Å²) in [5.74, 6) is 0. The van der Waals surface area contributed by atoms with Gasteiger partial charge in [0.25, 0.3) is 0 Å². The Labute approximate surface area is 99.6 Å². The molecule has 0 fully saturated rings. The molecule has 0 spiro atoms. The molecule has 0 aromatic heterocycles. The zero-order valence-electron chi connectivity index (χ0n) is 9.03. The molecule has 1 aromatic carbocycles. The van der Waals surface area contributed by atoms with Crippen molar-refractivity contribution in [2.24, 2.45) is 5.16 Å². The van der Waals surface area contributed by atoms with Crippen LogP contribution in [0.15, 0.2) is 34.3 Å². The highest BCUT2D eigenvalue weighted by molar-refractivity contribution is 8.01. The molecule has 4 heteroatoms. The number of hydrogen-bond acceptors (Lipinski definition) is 3. The van der Waals surface area contributed by atoms with Crippen LogP contribution in [-0.2, 0) is 4.84 Å². The molecule has 1 aromatic rings. The molecule has 82 valence electrons. The minimum Gasteiger partial charge on any atom is -0.399 e. The number of halogens is 1. The van der Waals surface area contributed by atoms with E-state index >= 15 is 0 Å². The minimum absolute atomic E-state index is 0.0934. The van der Waals surface area contributed by atoms with E-state index in [1.807, 2.05) is 24.3 Å². The molecule has 1 rings (SSSR count). The fraction of sp³-hybridized carbons (Fsp3) is 0.364. The van der Waals surface area contributed by atoms with Gasteiger partial charge in [-0.3, -0.25) is 0 Å². The van der Waals surface area contributed by atoms with Gasteiger partial charge < -0.3 is 4.84 Å². The molecule has 0 aliphatic heterocycles. The lowest BCUT2D eigenvalue weighted by atomic mass is 10.2. The zero-order valence-corrected chi connectivity index (χ0v) is 10.6. The van der Waals surface area contributed by atoms with E-state index in [1.54, 1.807) is 25.1 Å². The number of benzene rings is 1. The fourth-order valence-corrected chi connectivity index (χ4v) is 2.11. The van der Waals surface area contributed by atoms with Crippen molar-refractivity contribution < 1.29 is 4.84 Å². The Hall–Kier alpha value is -0.670. The molecule has 0 aliphatic rings. The maximum Gasteiger partial charge on any atom is 0.106 e. The lowest BCUT2D eigenvalue weighted by molar-refractivity contribution is 0.214. The van der Waals surface area contributed by atoms with Crippen LogP contribution in [0.25, 0.3) is 0 Å². The molecule has 0 amide bonds. The number of nitrogens with zero attached hydrogens (tertiary/aromatic N) is 1. The van der Waals surface area contributed by atoms with E-state index in [1.165, 1.54) is 0 Å². The Bertz CT molecular complexity index is 335. The first kappa shape index (κ1) is 12.4. The molecule has 0 heterocycles. The van der Waals surface area contributed by atoms with Crippen LogP contribution in [0, 0.1) is 0 Å². The summed E-state index contributed by atoms with van der Waals surface area (Å²) in [6.45, 7) is 4.16. The molecule has 0 aliphatic carbocycles. The Balaban J connectivity index is 2.68. The Kier molecular flexibility index (Phi) is 4.48. The largest absolute Gasteiger partial charge is 0.399 e. The van der Waals surface area contributed by atoms with Gasteiger partial charge in [-0.1, -0.05) is 16.8 Å². The van der Waals surface area contributed by atoms with Crippen molar-refractivity contribution in [3.8, 4) is 0 Å². The van der Waals surface area contributed by atoms with Crippen LogP contribution < -0.4 is 0 Å². The standard InChI is InChI=1S/C11H14ClNOS/c1-11(2,8-13-14-3)15-10-6-4-9(12)5-7-10/h4-8H,1-3H3. The van der Waals surface area contributed by atoms with Gasteiger partial charge in [0.15, 0.2) is 0 Å². The molecule has 0 unspecified atom stereocenters. The third-order valence-electron chi connectivity index (χ3n) is 1.66. The van der Waals surface area contributed by atoms with Crippen molar-refractivity contribution in [1.82, 2.24) is 0 Å². The van der Waals surface area contributed by atoms with Crippen molar-refractivity contribution in [2.45, 2.75) is 23.5 Å². The van der Waals surface area contributed by atoms with E-state index < -0.39 is 0 Å². The smallest absolute Gasteiger partial charge is 0.106 e. The summed E-state index contributed by atoms with van der Waals surface area (Å²) in [7, 11) is 1.54. The molecular weight excluding hydrogens is 230 g/mol. The maximum atomic E-state index is 5.81. The van der Waals surface area contributed by atoms with Gasteiger partial charge in [-0.25, -0.2) is 0 Å². The monoisotopic (exact) mass is 243 g/mol. The van der Waals surface area contributed by atoms with Crippen LogP contribution >= 0.6 is 23.4 Å². The van der Waals surface area contributed by atoms with Crippen LogP contribution in [0.2, 0.25) is 5.02 Å². The predicted octanol–water partition coefficient (Wildman–Crippen LogP) is 3.84. The second kappa shape index (κ2) is 5.42. The van der Waals surface area contributed by atoms with E-state index in [0.29, 0.717) is 0 Å². The van der Waals surface area contributed by atoms with Crippen LogP contribution in [-0.4, -0.2) is 18.1 Å². The van der Waals surface area contributed by atoms with Crippen LogP contribution in [0.1, 0.15) is 13.8 Å². The summed E-state index contributed by atoms with van der Waals surface area (Å²) in [6.07, 6.45) is 1.78. The second-order valence-corrected chi connectivity index (χ2v) is 5.74. The molecule has 0 atom stereocenters. The maximum absolute atomic E-state index is 5.81. The van der Waals surface area contributed by atoms with Gasteiger partial charge in [0.2, 0.25) is 0 Å². The summed E-state index contributed by atoms with van der Waals surface area (Å²) in [4.78, 5) is 5.83. The summed E-state index contributed by atoms with van der Waals surface area (Å²) >= 11 is 7.52. The number of oxime groups is 1. The Morgan fingerprint density at radius 2 is 1.93 bits per heavy atom. The van der Waals surface area contributed by atoms with Gasteiger partial charge >= 0.3 is 0 Å². The zero-order chi connectivity index (χ0) is 11.3. The third-order valence-corrected chi connectivity index (χ3v) is 3.05. The van der Waals surface area contributed by atoms with Crippen LogP contribution in [0.4, 0.5) is 0 Å². The van der Waals surface area contributed by atoms with Crippen molar-refractivity contribution in [3.05, 3.63) is 29.3 Å². The molecule has 0 radical (unpaired) electrons. The van der Waals surface area contributed by atoms with Gasteiger partial charge in [-0.2, -0.15) is 0 Å². The lowest BCUT2D eigenvalue weighted by Gasteiger charge is -2.17. The SMILES string of the molecule is CON=CC(C)(C)Sc1ccc(Cl)cc1. The number of rotatable bonds is 4. The van der Waals surface area contributed by atoms with Gasteiger partial charge in [-0.15, -0.1) is 11.8 Å². The quantitative estimate of drug-likeness (QED) is 0.455. The first-order valence-corrected chi connectivity index (χ1v) is 5.75. The van der Waals surface area contributed by atoms with Gasteiger partial charge in [-0.05, 0) is 38.1 Å². The predicted molar refractivity (Wildman–Crippen MR) is 66.9 cm³/mol. The first-order valence-electron chi connectivity index (χ1n) is 4.56. The number of hydrogen-bond donors (Lipinski definition) is 0. The van der Waals surface area contributed by atoms with Crippen molar-refractivity contribution in [3.63, 3.8) is 0 Å². The highest BCUT2D eigenvalue weighted by Gasteiger charge is 2.16. The first-order chi connectivity index (χ1) is 7.03. The van der Waals surface area contributed by atoms with E-state index in [2.05, 4.69) is 23.8 Å². The molecular formula is C11H14ClNOS. The van der Waals surface area contributed by atoms with Gasteiger partial charge in [0, 0.05) is 9.92 Å². The average molecular weight is 244 g/mol. The van der Waals surface area contributed by atoms with E-state index in [9.17, 15) is 0 Å². The summed E-state index contributed by atoms with van der Waals surface area (Å²) < 4.78 is -0.0934. The minimum atomic E-state index is -0.0934. The third kappa shape index (κ3) is 4.58. The van der Waals surface area contributed by atoms with Crippen molar-refractivity contribution >= 4 is 29.6 Å². The highest BCUT2D eigenvalue weighted by atomic mass is 35.5.